The molecule has 0 radical (unpaired) electrons. The number of benzene rings is 2. The second-order valence-electron chi connectivity index (χ2n) is 9.47. The summed E-state index contributed by atoms with van der Waals surface area (Å²) in [6, 6.07) is 15.9. The van der Waals surface area contributed by atoms with Crippen molar-refractivity contribution in [2.24, 2.45) is 5.41 Å². The van der Waals surface area contributed by atoms with E-state index in [1.54, 1.807) is 6.92 Å². The molecule has 0 saturated heterocycles. The molecule has 0 spiro atoms. The van der Waals surface area contributed by atoms with E-state index in [0.29, 0.717) is 13.2 Å². The van der Waals surface area contributed by atoms with Crippen LogP contribution in [0.5, 0.6) is 11.5 Å². The van der Waals surface area contributed by atoms with Crippen LogP contribution in [0.1, 0.15) is 64.0 Å². The summed E-state index contributed by atoms with van der Waals surface area (Å²) < 4.78 is 12.2. The van der Waals surface area contributed by atoms with Gasteiger partial charge in [0.15, 0.2) is 0 Å². The van der Waals surface area contributed by atoms with Crippen LogP contribution < -0.4 is 9.47 Å². The zero-order chi connectivity index (χ0) is 22.5. The number of hydrogen-bond donors (Lipinski definition) is 1. The summed E-state index contributed by atoms with van der Waals surface area (Å²) >= 11 is 0. The quantitative estimate of drug-likeness (QED) is 0.521. The van der Waals surface area contributed by atoms with E-state index >= 15 is 0 Å². The van der Waals surface area contributed by atoms with E-state index in [2.05, 4.69) is 44.7 Å². The fourth-order valence-electron chi connectivity index (χ4n) is 3.43. The van der Waals surface area contributed by atoms with Crippen LogP contribution in [0.2, 0.25) is 0 Å². The third-order valence-corrected chi connectivity index (χ3v) is 5.73. The van der Waals surface area contributed by atoms with Gasteiger partial charge in [-0.3, -0.25) is 4.79 Å². The smallest absolute Gasteiger partial charge is 0.304 e. The molecule has 1 aliphatic rings. The van der Waals surface area contributed by atoms with Gasteiger partial charge in [0.25, 0.3) is 0 Å². The van der Waals surface area contributed by atoms with E-state index in [1.165, 1.54) is 5.56 Å². The molecule has 0 bridgehead atoms. The molecule has 0 aliphatic heterocycles. The molecule has 0 heterocycles. The van der Waals surface area contributed by atoms with E-state index in [9.17, 15) is 4.79 Å². The zero-order valence-electron chi connectivity index (χ0n) is 18.9. The van der Waals surface area contributed by atoms with Crippen molar-refractivity contribution in [2.45, 2.75) is 58.3 Å². The van der Waals surface area contributed by atoms with Gasteiger partial charge in [-0.1, -0.05) is 51.0 Å². The van der Waals surface area contributed by atoms with Gasteiger partial charge in [0, 0.05) is 5.41 Å². The Morgan fingerprint density at radius 1 is 1.06 bits per heavy atom. The SMILES string of the molecule is CC#CC(CC(=O)O)c1ccc(OCC2(COc3cccc(C(C)(C)C)c3)CC2)cc1. The Morgan fingerprint density at radius 3 is 2.26 bits per heavy atom. The van der Waals surface area contributed by atoms with Crippen molar-refractivity contribution in [1.29, 1.82) is 0 Å². The molecule has 0 amide bonds. The van der Waals surface area contributed by atoms with E-state index in [4.69, 9.17) is 14.6 Å². The van der Waals surface area contributed by atoms with Gasteiger partial charge in [-0.15, -0.1) is 5.92 Å². The van der Waals surface area contributed by atoms with Gasteiger partial charge < -0.3 is 14.6 Å². The number of carbonyl (C=O) groups is 1. The number of ether oxygens (including phenoxy) is 2. The van der Waals surface area contributed by atoms with E-state index < -0.39 is 5.97 Å². The van der Waals surface area contributed by atoms with Crippen LogP contribution in [0.3, 0.4) is 0 Å². The second-order valence-corrected chi connectivity index (χ2v) is 9.47. The predicted octanol–water partition coefficient (Wildman–Crippen LogP) is 5.80. The van der Waals surface area contributed by atoms with Crippen LogP contribution in [0.25, 0.3) is 0 Å². The Balaban J connectivity index is 1.55. The highest BCUT2D eigenvalue weighted by atomic mass is 16.5. The maximum atomic E-state index is 11.1. The fourth-order valence-corrected chi connectivity index (χ4v) is 3.43. The van der Waals surface area contributed by atoms with Crippen LogP contribution in [0.4, 0.5) is 0 Å². The monoisotopic (exact) mass is 420 g/mol. The Hall–Kier alpha value is -2.93. The maximum Gasteiger partial charge on any atom is 0.304 e. The van der Waals surface area contributed by atoms with Crippen molar-refractivity contribution >= 4 is 5.97 Å². The number of hydrogen-bond acceptors (Lipinski definition) is 3. The van der Waals surface area contributed by atoms with Gasteiger partial charge in [0.05, 0.1) is 25.6 Å². The molecule has 2 aromatic carbocycles. The molecule has 164 valence electrons. The number of carboxylic acids is 1. The maximum absolute atomic E-state index is 11.1. The molecule has 4 nitrogen and oxygen atoms in total. The number of aliphatic carboxylic acids is 1. The lowest BCUT2D eigenvalue weighted by atomic mass is 9.87. The lowest BCUT2D eigenvalue weighted by Gasteiger charge is -2.21. The third-order valence-electron chi connectivity index (χ3n) is 5.73. The lowest BCUT2D eigenvalue weighted by molar-refractivity contribution is -0.137. The van der Waals surface area contributed by atoms with Gasteiger partial charge in [-0.2, -0.15) is 0 Å². The summed E-state index contributed by atoms with van der Waals surface area (Å²) in [7, 11) is 0. The molecule has 1 fully saturated rings. The van der Waals surface area contributed by atoms with Crippen molar-refractivity contribution in [3.05, 3.63) is 59.7 Å². The van der Waals surface area contributed by atoms with Crippen LogP contribution >= 0.6 is 0 Å². The van der Waals surface area contributed by atoms with Gasteiger partial charge >= 0.3 is 5.97 Å². The highest BCUT2D eigenvalue weighted by Gasteiger charge is 2.44. The van der Waals surface area contributed by atoms with E-state index in [1.807, 2.05) is 36.4 Å². The summed E-state index contributed by atoms with van der Waals surface area (Å²) in [5.74, 6) is 6.33. The molecule has 1 N–H and O–H groups in total. The molecule has 1 aliphatic carbocycles. The molecule has 1 atom stereocenters. The van der Waals surface area contributed by atoms with Crippen molar-refractivity contribution in [1.82, 2.24) is 0 Å². The molecular weight excluding hydrogens is 388 g/mol. The van der Waals surface area contributed by atoms with Crippen molar-refractivity contribution < 1.29 is 19.4 Å². The molecule has 0 aromatic heterocycles. The first-order valence-electron chi connectivity index (χ1n) is 10.8. The van der Waals surface area contributed by atoms with Gasteiger partial charge in [-0.25, -0.2) is 0 Å². The first-order valence-corrected chi connectivity index (χ1v) is 10.8. The van der Waals surface area contributed by atoms with Crippen LogP contribution in [-0.2, 0) is 10.2 Å². The highest BCUT2D eigenvalue weighted by molar-refractivity contribution is 5.69. The van der Waals surface area contributed by atoms with E-state index in [-0.39, 0.29) is 23.2 Å². The number of carboxylic acid groups (broad SMARTS) is 1. The van der Waals surface area contributed by atoms with Crippen molar-refractivity contribution in [2.75, 3.05) is 13.2 Å². The van der Waals surface area contributed by atoms with Gasteiger partial charge in [0.1, 0.15) is 11.5 Å². The molecular formula is C27H32O4. The second kappa shape index (κ2) is 9.47. The molecule has 1 saturated carbocycles. The minimum Gasteiger partial charge on any atom is -0.493 e. The Morgan fingerprint density at radius 2 is 1.71 bits per heavy atom. The minimum atomic E-state index is -0.850. The standard InChI is InChI=1S/C27H32O4/c1-5-7-21(16-25(28)29)20-10-12-23(13-11-20)30-18-27(14-15-27)19-31-24-9-6-8-22(17-24)26(2,3)4/h6,8-13,17,21H,14-16,18-19H2,1-4H3,(H,28,29). The average Bonchev–Trinajstić information content (AvgIpc) is 3.51. The first kappa shape index (κ1) is 22.7. The topological polar surface area (TPSA) is 55.8 Å². The summed E-state index contributed by atoms with van der Waals surface area (Å²) in [4.78, 5) is 11.1. The average molecular weight is 421 g/mol. The third kappa shape index (κ3) is 6.52. The molecule has 31 heavy (non-hydrogen) atoms. The van der Waals surface area contributed by atoms with Crippen LogP contribution in [0.15, 0.2) is 48.5 Å². The highest BCUT2D eigenvalue weighted by Crippen LogP contribution is 2.46. The molecule has 4 heteroatoms. The summed E-state index contributed by atoms with van der Waals surface area (Å²) in [6.45, 7) is 9.58. The fraction of sp³-hybridized carbons (Fsp3) is 0.444. The first-order chi connectivity index (χ1) is 14.7. The van der Waals surface area contributed by atoms with Crippen molar-refractivity contribution in [3.8, 4) is 23.3 Å². The van der Waals surface area contributed by atoms with Gasteiger partial charge in [0.2, 0.25) is 0 Å². The Labute approximate surface area is 185 Å². The van der Waals surface area contributed by atoms with Crippen LogP contribution in [0, 0.1) is 17.3 Å². The van der Waals surface area contributed by atoms with Gasteiger partial charge in [-0.05, 0) is 60.6 Å². The van der Waals surface area contributed by atoms with E-state index in [0.717, 1.165) is 29.9 Å². The van der Waals surface area contributed by atoms with Crippen molar-refractivity contribution in [3.63, 3.8) is 0 Å². The lowest BCUT2D eigenvalue weighted by Crippen LogP contribution is -2.21. The predicted molar refractivity (Wildman–Crippen MR) is 123 cm³/mol. The molecule has 1 unspecified atom stereocenters. The Kier molecular flexibility index (Phi) is 6.95. The number of rotatable bonds is 9. The van der Waals surface area contributed by atoms with Crippen LogP contribution in [-0.4, -0.2) is 24.3 Å². The Bertz CT molecular complexity index is 953. The zero-order valence-corrected chi connectivity index (χ0v) is 18.9. The summed E-state index contributed by atoms with van der Waals surface area (Å²) in [6.07, 6.45) is 2.19. The summed E-state index contributed by atoms with van der Waals surface area (Å²) in [5.41, 5.74) is 2.32. The summed E-state index contributed by atoms with van der Waals surface area (Å²) in [5, 5.41) is 9.09. The largest absolute Gasteiger partial charge is 0.493 e. The minimum absolute atomic E-state index is 0.00208. The normalized spacial score (nSPS) is 15.4. The molecule has 2 aromatic rings. The molecule has 3 rings (SSSR count).